The topological polar surface area (TPSA) is 81.7 Å². The number of amides is 1. The second kappa shape index (κ2) is 8.82. The van der Waals surface area contributed by atoms with Crippen LogP contribution < -0.4 is 10.1 Å². The summed E-state index contributed by atoms with van der Waals surface area (Å²) < 4.78 is 9.93. The molecule has 0 saturated carbocycles. The van der Waals surface area contributed by atoms with Crippen molar-refractivity contribution >= 4 is 28.6 Å². The van der Waals surface area contributed by atoms with E-state index < -0.39 is 18.0 Å². The third-order valence-corrected chi connectivity index (χ3v) is 3.69. The first-order chi connectivity index (χ1) is 12.0. The minimum Gasteiger partial charge on any atom is -0.467 e. The first kappa shape index (κ1) is 18.4. The number of carbonyl (C=O) groups excluding carboxylic acids is 3. The smallest absolute Gasteiger partial charge is 0.328 e. The van der Waals surface area contributed by atoms with Crippen LogP contribution in [0.3, 0.4) is 0 Å². The zero-order valence-corrected chi connectivity index (χ0v) is 14.3. The lowest BCUT2D eigenvalue weighted by atomic mass is 10.1. The molecule has 2 rings (SSSR count). The lowest BCUT2D eigenvalue weighted by Crippen LogP contribution is -2.39. The fourth-order valence-corrected chi connectivity index (χ4v) is 2.40. The molecule has 0 unspecified atom stereocenters. The van der Waals surface area contributed by atoms with Crippen molar-refractivity contribution in [1.82, 2.24) is 5.32 Å². The first-order valence-corrected chi connectivity index (χ1v) is 8.07. The lowest BCUT2D eigenvalue weighted by Gasteiger charge is -2.11. The van der Waals surface area contributed by atoms with Gasteiger partial charge in [-0.3, -0.25) is 9.59 Å². The number of ether oxygens (including phenoxy) is 2. The molecule has 0 fully saturated rings. The van der Waals surface area contributed by atoms with Gasteiger partial charge in [-0.2, -0.15) is 0 Å². The van der Waals surface area contributed by atoms with Gasteiger partial charge < -0.3 is 14.8 Å². The number of nitrogens with one attached hydrogen (secondary N) is 1. The fourth-order valence-electron chi connectivity index (χ4n) is 2.40. The summed E-state index contributed by atoms with van der Waals surface area (Å²) in [6.45, 7) is 1.54. The van der Waals surface area contributed by atoms with Gasteiger partial charge in [0.15, 0.2) is 0 Å². The Morgan fingerprint density at radius 3 is 2.52 bits per heavy atom. The molecule has 0 bridgehead atoms. The summed E-state index contributed by atoms with van der Waals surface area (Å²) in [5.74, 6) is -0.711. The molecular weight excluding hydrogens is 322 g/mol. The average molecular weight is 343 g/mol. The van der Waals surface area contributed by atoms with E-state index in [0.717, 1.165) is 10.8 Å². The molecule has 25 heavy (non-hydrogen) atoms. The Kier molecular flexibility index (Phi) is 6.51. The highest BCUT2D eigenvalue weighted by Crippen LogP contribution is 2.25. The normalized spacial score (nSPS) is 11.6. The molecule has 0 heterocycles. The molecule has 0 radical (unpaired) electrons. The molecule has 1 N–H and O–H groups in total. The molecule has 0 saturated heterocycles. The molecule has 0 aromatic heterocycles. The quantitative estimate of drug-likeness (QED) is 0.617. The molecule has 6 heteroatoms. The Balaban J connectivity index is 1.81. The van der Waals surface area contributed by atoms with Crippen LogP contribution in [0.1, 0.15) is 26.2 Å². The highest BCUT2D eigenvalue weighted by atomic mass is 16.5. The van der Waals surface area contributed by atoms with E-state index in [9.17, 15) is 14.4 Å². The maximum Gasteiger partial charge on any atom is 0.328 e. The zero-order chi connectivity index (χ0) is 18.2. The van der Waals surface area contributed by atoms with Crippen LogP contribution >= 0.6 is 0 Å². The van der Waals surface area contributed by atoms with Gasteiger partial charge in [0.2, 0.25) is 5.91 Å². The predicted octanol–water partition coefficient (Wildman–Crippen LogP) is 2.59. The summed E-state index contributed by atoms with van der Waals surface area (Å²) >= 11 is 0. The minimum absolute atomic E-state index is 0.114. The standard InChI is InChI=1S/C19H21NO5/c1-13(19(23)24-2)20-17(21)11-6-12-18(22)25-16-10-5-8-14-7-3-4-9-15(14)16/h3-5,7-10,13H,6,11-12H2,1-2H3,(H,20,21)/t13-/m0/s1. The van der Waals surface area contributed by atoms with Crippen molar-refractivity contribution in [2.24, 2.45) is 0 Å². The van der Waals surface area contributed by atoms with Gasteiger partial charge in [0, 0.05) is 18.2 Å². The molecule has 1 atom stereocenters. The van der Waals surface area contributed by atoms with Crippen molar-refractivity contribution in [3.8, 4) is 5.75 Å². The van der Waals surface area contributed by atoms with Gasteiger partial charge in [-0.15, -0.1) is 0 Å². The summed E-state index contributed by atoms with van der Waals surface area (Å²) in [5.41, 5.74) is 0. The molecule has 0 aliphatic carbocycles. The SMILES string of the molecule is COC(=O)[C@H](C)NC(=O)CCCC(=O)Oc1cccc2ccccc12. The van der Waals surface area contributed by atoms with Crippen LogP contribution in [0.4, 0.5) is 0 Å². The van der Waals surface area contributed by atoms with E-state index >= 15 is 0 Å². The van der Waals surface area contributed by atoms with Crippen molar-refractivity contribution in [1.29, 1.82) is 0 Å². The molecule has 0 aliphatic heterocycles. The number of carbonyl (C=O) groups is 3. The van der Waals surface area contributed by atoms with Crippen LogP contribution in [-0.2, 0) is 19.1 Å². The van der Waals surface area contributed by atoms with Crippen LogP contribution in [0.25, 0.3) is 10.8 Å². The Bertz CT molecular complexity index is 766. The van der Waals surface area contributed by atoms with Gasteiger partial charge >= 0.3 is 11.9 Å². The van der Waals surface area contributed by atoms with Crippen LogP contribution in [-0.4, -0.2) is 31.0 Å². The van der Waals surface area contributed by atoms with E-state index in [2.05, 4.69) is 10.1 Å². The maximum atomic E-state index is 12.0. The van der Waals surface area contributed by atoms with Crippen LogP contribution in [0.2, 0.25) is 0 Å². The maximum absolute atomic E-state index is 12.0. The molecular formula is C19H21NO5. The second-order valence-electron chi connectivity index (χ2n) is 5.62. The second-order valence-corrected chi connectivity index (χ2v) is 5.62. The van der Waals surface area contributed by atoms with E-state index in [0.29, 0.717) is 12.2 Å². The van der Waals surface area contributed by atoms with Crippen molar-refractivity contribution in [2.45, 2.75) is 32.2 Å². The third-order valence-electron chi connectivity index (χ3n) is 3.69. The number of hydrogen-bond donors (Lipinski definition) is 1. The van der Waals surface area contributed by atoms with Crippen molar-refractivity contribution in [2.75, 3.05) is 7.11 Å². The number of esters is 2. The molecule has 2 aromatic rings. The van der Waals surface area contributed by atoms with Gasteiger partial charge in [0.25, 0.3) is 0 Å². The number of rotatable bonds is 7. The summed E-state index contributed by atoms with van der Waals surface area (Å²) in [4.78, 5) is 34.9. The van der Waals surface area contributed by atoms with Gasteiger partial charge in [0.1, 0.15) is 11.8 Å². The lowest BCUT2D eigenvalue weighted by molar-refractivity contribution is -0.144. The third kappa shape index (κ3) is 5.31. The van der Waals surface area contributed by atoms with Crippen molar-refractivity contribution in [3.63, 3.8) is 0 Å². The molecule has 1 amide bonds. The van der Waals surface area contributed by atoms with Crippen molar-refractivity contribution < 1.29 is 23.9 Å². The monoisotopic (exact) mass is 343 g/mol. The predicted molar refractivity (Wildman–Crippen MR) is 93.1 cm³/mol. The van der Waals surface area contributed by atoms with Gasteiger partial charge in [-0.1, -0.05) is 36.4 Å². The van der Waals surface area contributed by atoms with E-state index in [4.69, 9.17) is 4.74 Å². The summed E-state index contributed by atoms with van der Waals surface area (Å²) in [7, 11) is 1.26. The Morgan fingerprint density at radius 2 is 1.76 bits per heavy atom. The Labute approximate surface area is 146 Å². The first-order valence-electron chi connectivity index (χ1n) is 8.07. The Hall–Kier alpha value is -2.89. The van der Waals surface area contributed by atoms with Gasteiger partial charge in [0.05, 0.1) is 7.11 Å². The summed E-state index contributed by atoms with van der Waals surface area (Å²) in [6, 6.07) is 12.4. The number of methoxy groups -OCH3 is 1. The molecule has 0 spiro atoms. The average Bonchev–Trinajstić information content (AvgIpc) is 2.61. The summed E-state index contributed by atoms with van der Waals surface area (Å²) in [5, 5.41) is 4.37. The van der Waals surface area contributed by atoms with Gasteiger partial charge in [-0.25, -0.2) is 4.79 Å². The molecule has 132 valence electrons. The number of benzene rings is 2. The van der Waals surface area contributed by atoms with Crippen molar-refractivity contribution in [3.05, 3.63) is 42.5 Å². The number of hydrogen-bond acceptors (Lipinski definition) is 5. The Morgan fingerprint density at radius 1 is 1.04 bits per heavy atom. The zero-order valence-electron chi connectivity index (χ0n) is 14.3. The number of fused-ring (bicyclic) bond motifs is 1. The summed E-state index contributed by atoms with van der Waals surface area (Å²) in [6.07, 6.45) is 0.582. The van der Waals surface area contributed by atoms with Crippen LogP contribution in [0.15, 0.2) is 42.5 Å². The molecule has 2 aromatic carbocycles. The van der Waals surface area contributed by atoms with E-state index in [1.54, 1.807) is 13.0 Å². The fraction of sp³-hybridized carbons (Fsp3) is 0.316. The molecule has 0 aliphatic rings. The van der Waals surface area contributed by atoms with Crippen LogP contribution in [0.5, 0.6) is 5.75 Å². The van der Waals surface area contributed by atoms with E-state index in [1.807, 2.05) is 36.4 Å². The van der Waals surface area contributed by atoms with E-state index in [-0.39, 0.29) is 18.7 Å². The largest absolute Gasteiger partial charge is 0.467 e. The highest BCUT2D eigenvalue weighted by Gasteiger charge is 2.16. The van der Waals surface area contributed by atoms with Gasteiger partial charge in [-0.05, 0) is 24.8 Å². The molecule has 6 nitrogen and oxygen atoms in total. The van der Waals surface area contributed by atoms with E-state index in [1.165, 1.54) is 7.11 Å². The highest BCUT2D eigenvalue weighted by molar-refractivity contribution is 5.90. The van der Waals surface area contributed by atoms with Crippen LogP contribution in [0, 0.1) is 0 Å². The minimum atomic E-state index is -0.708.